The van der Waals surface area contributed by atoms with Gasteiger partial charge in [-0.25, -0.2) is 0 Å². The Morgan fingerprint density at radius 2 is 1.94 bits per heavy atom. The summed E-state index contributed by atoms with van der Waals surface area (Å²) in [4.78, 5) is 11.7. The maximum Gasteiger partial charge on any atom is 0.419 e. The third-order valence-corrected chi connectivity index (χ3v) is 2.59. The van der Waals surface area contributed by atoms with Crippen molar-refractivity contribution >= 4 is 5.78 Å². The van der Waals surface area contributed by atoms with Crippen LogP contribution in [0.1, 0.15) is 36.2 Å². The Balaban J connectivity index is 2.62. The summed E-state index contributed by atoms with van der Waals surface area (Å²) in [6.07, 6.45) is -4.43. The molecule has 1 heterocycles. The SMILES string of the molecule is CC1(C)CC(=O)c2cccc(C(F)(F)F)c2O1. The molecule has 92 valence electrons. The zero-order valence-electron chi connectivity index (χ0n) is 9.39. The van der Waals surface area contributed by atoms with Crippen LogP contribution in [-0.2, 0) is 6.18 Å². The first kappa shape index (κ1) is 12.0. The van der Waals surface area contributed by atoms with Crippen LogP contribution in [0.15, 0.2) is 18.2 Å². The second-order valence-corrected chi connectivity index (χ2v) is 4.64. The summed E-state index contributed by atoms with van der Waals surface area (Å²) < 4.78 is 43.6. The highest BCUT2D eigenvalue weighted by atomic mass is 19.4. The molecule has 0 N–H and O–H groups in total. The van der Waals surface area contributed by atoms with E-state index in [1.807, 2.05) is 0 Å². The number of ether oxygens (including phenoxy) is 1. The highest BCUT2D eigenvalue weighted by molar-refractivity contribution is 6.00. The number of carbonyl (C=O) groups excluding carboxylic acids is 1. The van der Waals surface area contributed by atoms with Crippen LogP contribution in [0.25, 0.3) is 0 Å². The molecule has 2 rings (SSSR count). The molecule has 0 aromatic heterocycles. The van der Waals surface area contributed by atoms with E-state index in [0.717, 1.165) is 6.07 Å². The van der Waals surface area contributed by atoms with Gasteiger partial charge in [0.05, 0.1) is 17.5 Å². The van der Waals surface area contributed by atoms with Crippen LogP contribution < -0.4 is 4.74 Å². The highest BCUT2D eigenvalue weighted by Gasteiger charge is 2.41. The third kappa shape index (κ3) is 2.14. The van der Waals surface area contributed by atoms with E-state index < -0.39 is 17.3 Å². The normalized spacial score (nSPS) is 18.5. The second-order valence-electron chi connectivity index (χ2n) is 4.64. The molecule has 0 saturated carbocycles. The number of benzene rings is 1. The first-order valence-corrected chi connectivity index (χ1v) is 5.13. The van der Waals surface area contributed by atoms with E-state index in [1.54, 1.807) is 13.8 Å². The Hall–Kier alpha value is -1.52. The van der Waals surface area contributed by atoms with Gasteiger partial charge < -0.3 is 4.74 Å². The van der Waals surface area contributed by atoms with Crippen molar-refractivity contribution in [2.24, 2.45) is 0 Å². The molecule has 0 atom stereocenters. The minimum absolute atomic E-state index is 0.0131. The number of Topliss-reactive ketones (excluding diaryl/α,β-unsaturated/α-hetero) is 1. The smallest absolute Gasteiger partial charge is 0.419 e. The molecule has 0 spiro atoms. The molecule has 0 unspecified atom stereocenters. The number of fused-ring (bicyclic) bond motifs is 1. The molecule has 0 radical (unpaired) electrons. The van der Waals surface area contributed by atoms with E-state index in [2.05, 4.69) is 0 Å². The van der Waals surface area contributed by atoms with Crippen molar-refractivity contribution in [2.75, 3.05) is 0 Å². The summed E-state index contributed by atoms with van der Waals surface area (Å²) in [5, 5.41) is 0. The molecule has 17 heavy (non-hydrogen) atoms. The molecule has 0 aliphatic carbocycles. The van der Waals surface area contributed by atoms with Crippen LogP contribution in [0.4, 0.5) is 13.2 Å². The fourth-order valence-electron chi connectivity index (χ4n) is 1.88. The zero-order valence-corrected chi connectivity index (χ0v) is 9.39. The summed E-state index contributed by atoms with van der Waals surface area (Å²) in [6, 6.07) is 3.51. The van der Waals surface area contributed by atoms with E-state index in [1.165, 1.54) is 12.1 Å². The van der Waals surface area contributed by atoms with Crippen molar-refractivity contribution in [2.45, 2.75) is 32.0 Å². The summed E-state index contributed by atoms with van der Waals surface area (Å²) in [5.74, 6) is -0.663. The van der Waals surface area contributed by atoms with Crippen LogP contribution in [0, 0.1) is 0 Å². The van der Waals surface area contributed by atoms with Crippen LogP contribution in [-0.4, -0.2) is 11.4 Å². The van der Waals surface area contributed by atoms with Gasteiger partial charge in [0.2, 0.25) is 0 Å². The average Bonchev–Trinajstić information content (AvgIpc) is 2.13. The van der Waals surface area contributed by atoms with Crippen molar-refractivity contribution < 1.29 is 22.7 Å². The topological polar surface area (TPSA) is 26.3 Å². The molecule has 0 fully saturated rings. The van der Waals surface area contributed by atoms with Gasteiger partial charge in [-0.1, -0.05) is 6.07 Å². The average molecular weight is 244 g/mol. The fourth-order valence-corrected chi connectivity index (χ4v) is 1.88. The maximum absolute atomic E-state index is 12.8. The molecule has 0 saturated heterocycles. The molecule has 1 aromatic carbocycles. The Kier molecular flexibility index (Phi) is 2.45. The van der Waals surface area contributed by atoms with Gasteiger partial charge in [0.25, 0.3) is 0 Å². The number of para-hydroxylation sites is 1. The number of rotatable bonds is 0. The lowest BCUT2D eigenvalue weighted by Crippen LogP contribution is -2.37. The maximum atomic E-state index is 12.8. The van der Waals surface area contributed by atoms with Gasteiger partial charge >= 0.3 is 6.18 Å². The zero-order chi connectivity index (χ0) is 12.8. The van der Waals surface area contributed by atoms with Gasteiger partial charge in [-0.2, -0.15) is 13.2 Å². The van der Waals surface area contributed by atoms with Crippen molar-refractivity contribution in [1.82, 2.24) is 0 Å². The van der Waals surface area contributed by atoms with Crippen molar-refractivity contribution in [3.8, 4) is 5.75 Å². The minimum Gasteiger partial charge on any atom is -0.486 e. The molecule has 0 bridgehead atoms. The standard InChI is InChI=1S/C12H11F3O2/c1-11(2)6-9(16)7-4-3-5-8(10(7)17-11)12(13,14)15/h3-5H,6H2,1-2H3. The van der Waals surface area contributed by atoms with Gasteiger partial charge in [-0.05, 0) is 26.0 Å². The Labute approximate surface area is 96.4 Å². The molecule has 2 nitrogen and oxygen atoms in total. The van der Waals surface area contributed by atoms with Crippen LogP contribution >= 0.6 is 0 Å². The largest absolute Gasteiger partial charge is 0.486 e. The molecule has 1 aromatic rings. The lowest BCUT2D eigenvalue weighted by atomic mass is 9.91. The van der Waals surface area contributed by atoms with Gasteiger partial charge in [0.15, 0.2) is 5.78 Å². The lowest BCUT2D eigenvalue weighted by molar-refractivity contribution is -0.140. The van der Waals surface area contributed by atoms with E-state index >= 15 is 0 Å². The fraction of sp³-hybridized carbons (Fsp3) is 0.417. The number of hydrogen-bond acceptors (Lipinski definition) is 2. The molecule has 5 heteroatoms. The quantitative estimate of drug-likeness (QED) is 0.698. The Morgan fingerprint density at radius 3 is 2.53 bits per heavy atom. The number of alkyl halides is 3. The van der Waals surface area contributed by atoms with E-state index in [-0.39, 0.29) is 23.5 Å². The van der Waals surface area contributed by atoms with E-state index in [4.69, 9.17) is 4.74 Å². The lowest BCUT2D eigenvalue weighted by Gasteiger charge is -2.33. The van der Waals surface area contributed by atoms with Gasteiger partial charge in [-0.15, -0.1) is 0 Å². The summed E-state index contributed by atoms with van der Waals surface area (Å²) >= 11 is 0. The van der Waals surface area contributed by atoms with Crippen LogP contribution in [0.3, 0.4) is 0 Å². The molecule has 1 aliphatic rings. The van der Waals surface area contributed by atoms with Gasteiger partial charge in [-0.3, -0.25) is 4.79 Å². The monoisotopic (exact) mass is 244 g/mol. The predicted octanol–water partition coefficient (Wildman–Crippen LogP) is 3.45. The van der Waals surface area contributed by atoms with Crippen LogP contribution in [0.5, 0.6) is 5.75 Å². The predicted molar refractivity (Wildman–Crippen MR) is 55.1 cm³/mol. The second kappa shape index (κ2) is 3.48. The summed E-state index contributed by atoms with van der Waals surface area (Å²) in [7, 11) is 0. The number of carbonyl (C=O) groups is 1. The highest BCUT2D eigenvalue weighted by Crippen LogP contribution is 2.42. The summed E-state index contributed by atoms with van der Waals surface area (Å²) in [6.45, 7) is 3.20. The number of ketones is 1. The Bertz CT molecular complexity index is 475. The first-order valence-electron chi connectivity index (χ1n) is 5.13. The molecule has 1 aliphatic heterocycles. The van der Waals surface area contributed by atoms with Crippen molar-refractivity contribution in [1.29, 1.82) is 0 Å². The molecular formula is C12H11F3O2. The van der Waals surface area contributed by atoms with Gasteiger partial charge in [0.1, 0.15) is 11.4 Å². The van der Waals surface area contributed by atoms with E-state index in [0.29, 0.717) is 0 Å². The Morgan fingerprint density at radius 1 is 1.29 bits per heavy atom. The molecular weight excluding hydrogens is 233 g/mol. The van der Waals surface area contributed by atoms with Crippen molar-refractivity contribution in [3.05, 3.63) is 29.3 Å². The number of hydrogen-bond donors (Lipinski definition) is 0. The first-order chi connectivity index (χ1) is 7.71. The summed E-state index contributed by atoms with van der Waals surface area (Å²) in [5.41, 5.74) is -1.78. The van der Waals surface area contributed by atoms with Crippen LogP contribution in [0.2, 0.25) is 0 Å². The number of halogens is 3. The molecule has 0 amide bonds. The van der Waals surface area contributed by atoms with Crippen molar-refractivity contribution in [3.63, 3.8) is 0 Å². The van der Waals surface area contributed by atoms with E-state index in [9.17, 15) is 18.0 Å². The van der Waals surface area contributed by atoms with Gasteiger partial charge in [0, 0.05) is 0 Å². The minimum atomic E-state index is -4.51. The third-order valence-electron chi connectivity index (χ3n) is 2.59.